The van der Waals surface area contributed by atoms with Gasteiger partial charge in [0.2, 0.25) is 0 Å². The molecule has 18 heavy (non-hydrogen) atoms. The molecule has 1 heterocycles. The van der Waals surface area contributed by atoms with E-state index >= 15 is 0 Å². The number of hydrogen-bond donors (Lipinski definition) is 1. The highest BCUT2D eigenvalue weighted by Crippen LogP contribution is 2.18. The van der Waals surface area contributed by atoms with Crippen molar-refractivity contribution in [3.8, 4) is 5.69 Å². The summed E-state index contributed by atoms with van der Waals surface area (Å²) in [7, 11) is 0. The molecule has 0 unspecified atom stereocenters. The molecule has 1 N–H and O–H groups in total. The van der Waals surface area contributed by atoms with Gasteiger partial charge in [-0.15, -0.1) is 0 Å². The topological polar surface area (TPSA) is 55.1 Å². The van der Waals surface area contributed by atoms with Gasteiger partial charge >= 0.3 is 0 Å². The van der Waals surface area contributed by atoms with E-state index in [2.05, 4.69) is 5.10 Å². The zero-order chi connectivity index (χ0) is 13.3. The minimum Gasteiger partial charge on any atom is -0.392 e. The summed E-state index contributed by atoms with van der Waals surface area (Å²) in [5, 5.41) is 13.8. The Morgan fingerprint density at radius 1 is 1.33 bits per heavy atom. The van der Waals surface area contributed by atoms with Crippen molar-refractivity contribution in [2.45, 2.75) is 20.5 Å². The number of halogens is 1. The van der Waals surface area contributed by atoms with Gasteiger partial charge in [-0.25, -0.2) is 0 Å². The summed E-state index contributed by atoms with van der Waals surface area (Å²) in [5.41, 5.74) is 2.42. The molecule has 4 nitrogen and oxygen atoms in total. The first-order valence-electron chi connectivity index (χ1n) is 5.50. The van der Waals surface area contributed by atoms with E-state index in [9.17, 15) is 4.79 Å². The lowest BCUT2D eigenvalue weighted by Gasteiger charge is -2.09. The molecule has 94 valence electrons. The van der Waals surface area contributed by atoms with Gasteiger partial charge in [-0.05, 0) is 31.5 Å². The van der Waals surface area contributed by atoms with E-state index in [0.29, 0.717) is 22.0 Å². The Morgan fingerprint density at radius 2 is 2.06 bits per heavy atom. The van der Waals surface area contributed by atoms with Crippen molar-refractivity contribution in [2.24, 2.45) is 0 Å². The zero-order valence-electron chi connectivity index (χ0n) is 10.1. The predicted octanol–water partition coefficient (Wildman–Crippen LogP) is 2.00. The molecule has 0 spiro atoms. The molecule has 2 aromatic rings. The van der Waals surface area contributed by atoms with Crippen LogP contribution in [0.4, 0.5) is 0 Å². The highest BCUT2D eigenvalue weighted by Gasteiger charge is 2.07. The zero-order valence-corrected chi connectivity index (χ0v) is 10.9. The molecule has 0 saturated heterocycles. The van der Waals surface area contributed by atoms with E-state index in [1.807, 2.05) is 13.0 Å². The maximum absolute atomic E-state index is 11.9. The fraction of sp³-hybridized carbons (Fsp3) is 0.231. The van der Waals surface area contributed by atoms with Gasteiger partial charge in [0, 0.05) is 16.7 Å². The van der Waals surface area contributed by atoms with Crippen LogP contribution in [0.1, 0.15) is 16.8 Å². The fourth-order valence-corrected chi connectivity index (χ4v) is 1.81. The Kier molecular flexibility index (Phi) is 3.50. The van der Waals surface area contributed by atoms with Crippen LogP contribution in [0.15, 0.2) is 29.1 Å². The summed E-state index contributed by atoms with van der Waals surface area (Å²) in [5.74, 6) is 0. The first-order valence-corrected chi connectivity index (χ1v) is 5.88. The van der Waals surface area contributed by atoms with Crippen LogP contribution in [0, 0.1) is 13.8 Å². The van der Waals surface area contributed by atoms with Crippen molar-refractivity contribution in [2.75, 3.05) is 0 Å². The summed E-state index contributed by atoms with van der Waals surface area (Å²) in [6.07, 6.45) is 0. The lowest BCUT2D eigenvalue weighted by Crippen LogP contribution is -2.22. The molecule has 0 aliphatic rings. The number of benzene rings is 1. The molecule has 0 amide bonds. The van der Waals surface area contributed by atoms with Crippen LogP contribution in [0.3, 0.4) is 0 Å². The van der Waals surface area contributed by atoms with E-state index in [-0.39, 0.29) is 12.2 Å². The minimum absolute atomic E-state index is 0.191. The van der Waals surface area contributed by atoms with Crippen LogP contribution < -0.4 is 5.56 Å². The fourth-order valence-electron chi connectivity index (χ4n) is 1.64. The quantitative estimate of drug-likeness (QED) is 0.903. The molecule has 0 fully saturated rings. The van der Waals surface area contributed by atoms with Crippen LogP contribution in [0.25, 0.3) is 5.69 Å². The molecule has 0 saturated carbocycles. The summed E-state index contributed by atoms with van der Waals surface area (Å²) in [4.78, 5) is 11.9. The number of aliphatic hydroxyl groups excluding tert-OH is 1. The van der Waals surface area contributed by atoms with Crippen LogP contribution >= 0.6 is 11.6 Å². The summed E-state index contributed by atoms with van der Waals surface area (Å²) in [6.45, 7) is 3.45. The van der Waals surface area contributed by atoms with Gasteiger partial charge in [0.05, 0.1) is 18.0 Å². The van der Waals surface area contributed by atoms with E-state index < -0.39 is 0 Å². The lowest BCUT2D eigenvalue weighted by molar-refractivity contribution is 0.279. The number of aliphatic hydroxyl groups is 1. The van der Waals surface area contributed by atoms with Crippen molar-refractivity contribution < 1.29 is 5.11 Å². The third-order valence-corrected chi connectivity index (χ3v) is 3.20. The van der Waals surface area contributed by atoms with Crippen molar-refractivity contribution in [1.29, 1.82) is 0 Å². The van der Waals surface area contributed by atoms with Gasteiger partial charge in [-0.3, -0.25) is 4.79 Å². The number of aryl methyl sites for hydroxylation is 2. The highest BCUT2D eigenvalue weighted by atomic mass is 35.5. The number of hydrogen-bond acceptors (Lipinski definition) is 3. The smallest absolute Gasteiger partial charge is 0.271 e. The monoisotopic (exact) mass is 264 g/mol. The summed E-state index contributed by atoms with van der Waals surface area (Å²) >= 11 is 6.03. The van der Waals surface area contributed by atoms with E-state index in [0.717, 1.165) is 5.56 Å². The Bertz CT molecular complexity index is 650. The molecule has 1 aromatic heterocycles. The first-order chi connectivity index (χ1) is 8.52. The standard InChI is InChI=1S/C13H13ClN2O2/c1-8-3-4-11(6-12(8)14)16-13(18)5-10(7-17)9(2)15-16/h3-6,17H,7H2,1-2H3. The molecule has 0 aliphatic heterocycles. The summed E-state index contributed by atoms with van der Waals surface area (Å²) < 4.78 is 1.28. The van der Waals surface area contributed by atoms with Crippen LogP contribution in [0.5, 0.6) is 0 Å². The second-order valence-corrected chi connectivity index (χ2v) is 4.50. The van der Waals surface area contributed by atoms with Gasteiger partial charge in [-0.2, -0.15) is 9.78 Å². The largest absolute Gasteiger partial charge is 0.392 e. The molecule has 1 aromatic carbocycles. The SMILES string of the molecule is Cc1ccc(-n2nc(C)c(CO)cc2=O)cc1Cl. The van der Waals surface area contributed by atoms with E-state index in [1.54, 1.807) is 19.1 Å². The highest BCUT2D eigenvalue weighted by molar-refractivity contribution is 6.31. The van der Waals surface area contributed by atoms with Crippen LogP contribution in [-0.2, 0) is 6.61 Å². The van der Waals surface area contributed by atoms with E-state index in [1.165, 1.54) is 10.7 Å². The Morgan fingerprint density at radius 3 is 2.67 bits per heavy atom. The Hall–Kier alpha value is -1.65. The summed E-state index contributed by atoms with van der Waals surface area (Å²) in [6, 6.07) is 6.70. The number of nitrogens with zero attached hydrogens (tertiary/aromatic N) is 2. The van der Waals surface area contributed by atoms with Crippen molar-refractivity contribution >= 4 is 11.6 Å². The number of rotatable bonds is 2. The first kappa shape index (κ1) is 12.8. The second kappa shape index (κ2) is 4.92. The molecule has 0 aliphatic carbocycles. The average Bonchev–Trinajstić information content (AvgIpc) is 2.35. The van der Waals surface area contributed by atoms with Crippen molar-refractivity contribution in [1.82, 2.24) is 9.78 Å². The Labute approximate surface area is 109 Å². The third-order valence-electron chi connectivity index (χ3n) is 2.79. The predicted molar refractivity (Wildman–Crippen MR) is 70.2 cm³/mol. The molecular weight excluding hydrogens is 252 g/mol. The van der Waals surface area contributed by atoms with Gasteiger partial charge in [-0.1, -0.05) is 17.7 Å². The second-order valence-electron chi connectivity index (χ2n) is 4.10. The minimum atomic E-state index is -0.287. The number of aromatic nitrogens is 2. The normalized spacial score (nSPS) is 10.7. The van der Waals surface area contributed by atoms with Crippen LogP contribution in [-0.4, -0.2) is 14.9 Å². The molecular formula is C13H13ClN2O2. The molecule has 0 bridgehead atoms. The average molecular weight is 265 g/mol. The molecule has 5 heteroatoms. The third kappa shape index (κ3) is 2.30. The van der Waals surface area contributed by atoms with Crippen molar-refractivity contribution in [3.63, 3.8) is 0 Å². The van der Waals surface area contributed by atoms with Gasteiger partial charge < -0.3 is 5.11 Å². The lowest BCUT2D eigenvalue weighted by atomic mass is 10.2. The van der Waals surface area contributed by atoms with Gasteiger partial charge in [0.1, 0.15) is 0 Å². The Balaban J connectivity index is 2.61. The molecule has 0 radical (unpaired) electrons. The van der Waals surface area contributed by atoms with Crippen molar-refractivity contribution in [3.05, 3.63) is 56.5 Å². The molecule has 0 atom stereocenters. The van der Waals surface area contributed by atoms with Gasteiger partial charge in [0.15, 0.2) is 0 Å². The van der Waals surface area contributed by atoms with Gasteiger partial charge in [0.25, 0.3) is 5.56 Å². The maximum Gasteiger partial charge on any atom is 0.271 e. The van der Waals surface area contributed by atoms with Crippen LogP contribution in [0.2, 0.25) is 5.02 Å². The van der Waals surface area contributed by atoms with E-state index in [4.69, 9.17) is 16.7 Å². The molecule has 2 rings (SSSR count). The maximum atomic E-state index is 11.9.